The van der Waals surface area contributed by atoms with E-state index in [9.17, 15) is 9.59 Å². The van der Waals surface area contributed by atoms with Crippen LogP contribution in [0.3, 0.4) is 0 Å². The second-order valence-electron chi connectivity index (χ2n) is 2.60. The molecular formula is C12H22O7. The molecule has 0 aliphatic rings. The van der Waals surface area contributed by atoms with Gasteiger partial charge in [0.25, 0.3) is 0 Å². The highest BCUT2D eigenvalue weighted by molar-refractivity contribution is 5.81. The van der Waals surface area contributed by atoms with Gasteiger partial charge in [0, 0.05) is 26.4 Å². The third kappa shape index (κ3) is 31.4. The summed E-state index contributed by atoms with van der Waals surface area (Å²) in [6, 6.07) is 0. The van der Waals surface area contributed by atoms with Crippen molar-refractivity contribution in [2.24, 2.45) is 0 Å². The van der Waals surface area contributed by atoms with Gasteiger partial charge in [-0.05, 0) is 0 Å². The van der Waals surface area contributed by atoms with Crippen LogP contribution in [-0.4, -0.2) is 62.8 Å². The number of hydrogen-bond donors (Lipinski definition) is 2. The Balaban J connectivity index is -0.000000303. The Labute approximate surface area is 113 Å². The molecule has 112 valence electrons. The number of aliphatic hydroxyl groups excluding tert-OH is 2. The zero-order valence-corrected chi connectivity index (χ0v) is 11.3. The van der Waals surface area contributed by atoms with Gasteiger partial charge in [0.1, 0.15) is 13.2 Å². The molecule has 0 bridgehead atoms. The van der Waals surface area contributed by atoms with E-state index < -0.39 is 11.9 Å². The first-order valence-electron chi connectivity index (χ1n) is 5.24. The van der Waals surface area contributed by atoms with E-state index in [1.165, 1.54) is 0 Å². The highest BCUT2D eigenvalue weighted by Crippen LogP contribution is 1.82. The predicted molar refractivity (Wildman–Crippen MR) is 69.4 cm³/mol. The van der Waals surface area contributed by atoms with E-state index in [1.807, 2.05) is 0 Å². The van der Waals surface area contributed by atoms with Crippen molar-refractivity contribution in [3.05, 3.63) is 25.3 Å². The van der Waals surface area contributed by atoms with Crippen LogP contribution in [0.4, 0.5) is 0 Å². The summed E-state index contributed by atoms with van der Waals surface area (Å²) in [7, 11) is 3.25. The smallest absolute Gasteiger partial charge is 0.330 e. The molecule has 0 radical (unpaired) electrons. The SMILES string of the molecule is C=CC(=O)OCCOC(=O)C=C.COC.OCCO. The average molecular weight is 278 g/mol. The second kappa shape index (κ2) is 21.6. The van der Waals surface area contributed by atoms with Crippen LogP contribution >= 0.6 is 0 Å². The van der Waals surface area contributed by atoms with Crippen molar-refractivity contribution in [2.75, 3.05) is 40.6 Å². The van der Waals surface area contributed by atoms with E-state index in [0.717, 1.165) is 12.2 Å². The predicted octanol–water partition coefficient (Wildman–Crippen LogP) is -0.322. The van der Waals surface area contributed by atoms with Gasteiger partial charge in [-0.1, -0.05) is 13.2 Å². The number of methoxy groups -OCH3 is 1. The summed E-state index contributed by atoms with van der Waals surface area (Å²) in [6.45, 7) is 6.20. The van der Waals surface area contributed by atoms with E-state index >= 15 is 0 Å². The van der Waals surface area contributed by atoms with Crippen molar-refractivity contribution >= 4 is 11.9 Å². The maximum atomic E-state index is 10.4. The molecule has 0 aliphatic carbocycles. The van der Waals surface area contributed by atoms with E-state index in [2.05, 4.69) is 27.4 Å². The highest BCUT2D eigenvalue weighted by atomic mass is 16.6. The largest absolute Gasteiger partial charge is 0.459 e. The Kier molecular flexibility index (Phi) is 25.5. The lowest BCUT2D eigenvalue weighted by Crippen LogP contribution is -2.10. The van der Waals surface area contributed by atoms with Gasteiger partial charge in [-0.15, -0.1) is 0 Å². The molecule has 0 atom stereocenters. The van der Waals surface area contributed by atoms with Crippen molar-refractivity contribution in [3.8, 4) is 0 Å². The Morgan fingerprint density at radius 1 is 0.947 bits per heavy atom. The molecule has 0 spiro atoms. The van der Waals surface area contributed by atoms with Gasteiger partial charge in [-0.2, -0.15) is 0 Å². The van der Waals surface area contributed by atoms with Crippen molar-refractivity contribution in [1.82, 2.24) is 0 Å². The third-order valence-electron chi connectivity index (χ3n) is 1.01. The molecule has 0 amide bonds. The Morgan fingerprint density at radius 2 is 1.21 bits per heavy atom. The van der Waals surface area contributed by atoms with Gasteiger partial charge in [-0.25, -0.2) is 9.59 Å². The van der Waals surface area contributed by atoms with Gasteiger partial charge >= 0.3 is 11.9 Å². The van der Waals surface area contributed by atoms with E-state index in [4.69, 9.17) is 10.2 Å². The van der Waals surface area contributed by atoms with Crippen LogP contribution in [0, 0.1) is 0 Å². The summed E-state index contributed by atoms with van der Waals surface area (Å²) < 4.78 is 13.3. The number of carbonyl (C=O) groups excluding carboxylic acids is 2. The van der Waals surface area contributed by atoms with Crippen LogP contribution in [0.2, 0.25) is 0 Å². The molecule has 0 rings (SSSR count). The lowest BCUT2D eigenvalue weighted by Gasteiger charge is -2.01. The molecular weight excluding hydrogens is 256 g/mol. The lowest BCUT2D eigenvalue weighted by atomic mass is 10.6. The number of carbonyl (C=O) groups is 2. The monoisotopic (exact) mass is 278 g/mol. The van der Waals surface area contributed by atoms with Gasteiger partial charge in [0.15, 0.2) is 0 Å². The van der Waals surface area contributed by atoms with Crippen molar-refractivity contribution < 1.29 is 34.0 Å². The second-order valence-corrected chi connectivity index (χ2v) is 2.60. The summed E-state index contributed by atoms with van der Waals surface area (Å²) in [4.78, 5) is 20.9. The minimum atomic E-state index is -0.537. The summed E-state index contributed by atoms with van der Waals surface area (Å²) in [6.07, 6.45) is 2.07. The van der Waals surface area contributed by atoms with Gasteiger partial charge in [0.05, 0.1) is 13.2 Å². The fraction of sp³-hybridized carbons (Fsp3) is 0.500. The molecule has 7 heteroatoms. The normalized spacial score (nSPS) is 7.79. The molecule has 0 aromatic rings. The summed E-state index contributed by atoms with van der Waals surface area (Å²) in [5.41, 5.74) is 0. The van der Waals surface area contributed by atoms with Gasteiger partial charge < -0.3 is 24.4 Å². The number of hydrogen-bond acceptors (Lipinski definition) is 7. The number of esters is 2. The Bertz CT molecular complexity index is 214. The maximum Gasteiger partial charge on any atom is 0.330 e. The number of aliphatic hydroxyl groups is 2. The van der Waals surface area contributed by atoms with Crippen molar-refractivity contribution in [1.29, 1.82) is 0 Å². The molecule has 0 saturated heterocycles. The maximum absolute atomic E-state index is 10.4. The number of rotatable bonds is 6. The third-order valence-corrected chi connectivity index (χ3v) is 1.01. The fourth-order valence-electron chi connectivity index (χ4n) is 0.402. The molecule has 0 unspecified atom stereocenters. The molecule has 0 aliphatic heterocycles. The van der Waals surface area contributed by atoms with Crippen LogP contribution in [0.5, 0.6) is 0 Å². The Hall–Kier alpha value is -1.70. The summed E-state index contributed by atoms with van der Waals surface area (Å²) in [5.74, 6) is -1.07. The van der Waals surface area contributed by atoms with E-state index in [0.29, 0.717) is 0 Å². The first-order chi connectivity index (χ1) is 9.03. The van der Waals surface area contributed by atoms with E-state index in [1.54, 1.807) is 14.2 Å². The molecule has 0 aromatic heterocycles. The standard InChI is InChI=1S/C8H10O4.C2H6O2.C2H6O/c1-3-7(9)11-5-6-12-8(10)4-2;3-1-2-4;1-3-2/h3-4H,1-2,5-6H2;3-4H,1-2H2;1-2H3. The fourth-order valence-corrected chi connectivity index (χ4v) is 0.402. The molecule has 7 nitrogen and oxygen atoms in total. The van der Waals surface area contributed by atoms with Crippen LogP contribution in [0.15, 0.2) is 25.3 Å². The first-order valence-corrected chi connectivity index (χ1v) is 5.24. The molecule has 0 saturated carbocycles. The van der Waals surface area contributed by atoms with Crippen molar-refractivity contribution in [3.63, 3.8) is 0 Å². The van der Waals surface area contributed by atoms with Gasteiger partial charge in [0.2, 0.25) is 0 Å². The molecule has 0 fully saturated rings. The quantitative estimate of drug-likeness (QED) is 0.390. The van der Waals surface area contributed by atoms with Crippen LogP contribution < -0.4 is 0 Å². The minimum Gasteiger partial charge on any atom is -0.459 e. The zero-order valence-electron chi connectivity index (χ0n) is 11.3. The van der Waals surface area contributed by atoms with Crippen LogP contribution in [0.1, 0.15) is 0 Å². The molecule has 2 N–H and O–H groups in total. The molecule has 0 heterocycles. The summed E-state index contributed by atoms with van der Waals surface area (Å²) in [5, 5.41) is 15.2. The minimum absolute atomic E-state index is 0.0322. The molecule has 19 heavy (non-hydrogen) atoms. The number of ether oxygens (including phenoxy) is 3. The first kappa shape index (κ1) is 22.5. The highest BCUT2D eigenvalue weighted by Gasteiger charge is 1.97. The van der Waals surface area contributed by atoms with E-state index in [-0.39, 0.29) is 26.4 Å². The average Bonchev–Trinajstić information content (AvgIpc) is 2.44. The van der Waals surface area contributed by atoms with Crippen LogP contribution in [0.25, 0.3) is 0 Å². The van der Waals surface area contributed by atoms with Crippen LogP contribution in [-0.2, 0) is 23.8 Å². The zero-order chi connectivity index (χ0) is 15.5. The van der Waals surface area contributed by atoms with Gasteiger partial charge in [-0.3, -0.25) is 0 Å². The van der Waals surface area contributed by atoms with Crippen molar-refractivity contribution in [2.45, 2.75) is 0 Å². The molecule has 0 aromatic carbocycles. The summed E-state index contributed by atoms with van der Waals surface area (Å²) >= 11 is 0. The lowest BCUT2D eigenvalue weighted by molar-refractivity contribution is -0.146. The topological polar surface area (TPSA) is 102 Å². The Morgan fingerprint density at radius 3 is 1.37 bits per heavy atom.